The van der Waals surface area contributed by atoms with Gasteiger partial charge in [-0.05, 0) is 24.0 Å². The number of hydrogen-bond donors (Lipinski definition) is 4. The quantitative estimate of drug-likeness (QED) is 0.531. The van der Waals surface area contributed by atoms with E-state index in [1.165, 1.54) is 5.56 Å². The summed E-state index contributed by atoms with van der Waals surface area (Å²) in [5.74, 6) is -0.339. The summed E-state index contributed by atoms with van der Waals surface area (Å²) in [5, 5.41) is 30.0. The van der Waals surface area contributed by atoms with E-state index < -0.39 is 25.4 Å². The molecule has 0 aliphatic rings. The van der Waals surface area contributed by atoms with Gasteiger partial charge in [0.05, 0.1) is 26.2 Å². The third-order valence-electron chi connectivity index (χ3n) is 3.52. The molecule has 4 N–H and O–H groups in total. The number of unbranched alkanes of at least 4 members (excludes halogenated alkanes) is 1. The number of amides is 1. The van der Waals surface area contributed by atoms with Gasteiger partial charge in [0, 0.05) is 0 Å². The molecular weight excluding hydrogens is 270 g/mol. The van der Waals surface area contributed by atoms with Gasteiger partial charge in [0.2, 0.25) is 5.91 Å². The van der Waals surface area contributed by atoms with Gasteiger partial charge in [0.15, 0.2) is 0 Å². The number of benzene rings is 1. The summed E-state index contributed by atoms with van der Waals surface area (Å²) in [6.45, 7) is 0.611. The van der Waals surface area contributed by atoms with E-state index in [9.17, 15) is 20.1 Å². The number of nitrogens with one attached hydrogen (secondary N) is 1. The van der Waals surface area contributed by atoms with Crippen LogP contribution in [0.4, 0.5) is 0 Å². The minimum atomic E-state index is -1.36. The molecule has 0 spiro atoms. The number of aliphatic hydroxyl groups excluding tert-OH is 3. The first-order chi connectivity index (χ1) is 10.1. The second-order valence-electron chi connectivity index (χ2n) is 5.40. The average Bonchev–Trinajstić information content (AvgIpc) is 2.52. The molecule has 0 radical (unpaired) electrons. The second kappa shape index (κ2) is 8.77. The Labute approximate surface area is 125 Å². The highest BCUT2D eigenvalue weighted by Gasteiger charge is 2.29. The first-order valence-corrected chi connectivity index (χ1v) is 7.30. The predicted molar refractivity (Wildman–Crippen MR) is 80.9 cm³/mol. The van der Waals surface area contributed by atoms with E-state index in [4.69, 9.17) is 0 Å². The van der Waals surface area contributed by atoms with E-state index in [1.807, 2.05) is 24.3 Å². The van der Waals surface area contributed by atoms with Gasteiger partial charge in [-0.3, -0.25) is 4.79 Å². The van der Waals surface area contributed by atoms with Crippen molar-refractivity contribution in [1.29, 1.82) is 0 Å². The van der Waals surface area contributed by atoms with Crippen molar-refractivity contribution in [3.05, 3.63) is 35.4 Å². The van der Waals surface area contributed by atoms with Crippen molar-refractivity contribution in [3.63, 3.8) is 0 Å². The van der Waals surface area contributed by atoms with E-state index in [0.717, 1.165) is 24.8 Å². The molecule has 0 aliphatic heterocycles. The van der Waals surface area contributed by atoms with Crippen molar-refractivity contribution < 1.29 is 20.1 Å². The molecule has 0 aromatic heterocycles. The molecule has 0 saturated carbocycles. The summed E-state index contributed by atoms with van der Waals surface area (Å²) in [7, 11) is 0. The summed E-state index contributed by atoms with van der Waals surface area (Å²) >= 11 is 0. The van der Waals surface area contributed by atoms with Gasteiger partial charge >= 0.3 is 0 Å². The van der Waals surface area contributed by atoms with Crippen molar-refractivity contribution in [3.8, 4) is 0 Å². The first kappa shape index (κ1) is 17.6. The maximum absolute atomic E-state index is 11.9. The maximum Gasteiger partial charge on any atom is 0.225 e. The number of hydrogen-bond acceptors (Lipinski definition) is 4. The zero-order valence-electron chi connectivity index (χ0n) is 12.5. The van der Waals surface area contributed by atoms with Gasteiger partial charge in [0.25, 0.3) is 0 Å². The molecule has 0 atom stereocenters. The lowest BCUT2D eigenvalue weighted by Crippen LogP contribution is -2.57. The summed E-state index contributed by atoms with van der Waals surface area (Å²) in [6.07, 6.45) is 3.48. The highest BCUT2D eigenvalue weighted by Crippen LogP contribution is 2.09. The molecule has 0 fully saturated rings. The Kier molecular flexibility index (Phi) is 7.36. The molecule has 1 amide bonds. The molecule has 0 unspecified atom stereocenters. The third-order valence-corrected chi connectivity index (χ3v) is 3.52. The van der Waals surface area contributed by atoms with Crippen LogP contribution in [0.15, 0.2) is 24.3 Å². The second-order valence-corrected chi connectivity index (χ2v) is 5.40. The molecule has 5 nitrogen and oxygen atoms in total. The highest BCUT2D eigenvalue weighted by molar-refractivity contribution is 5.79. The Morgan fingerprint density at radius 3 is 2.05 bits per heavy atom. The van der Waals surface area contributed by atoms with Crippen molar-refractivity contribution in [2.75, 3.05) is 19.8 Å². The number of rotatable bonds is 9. The smallest absolute Gasteiger partial charge is 0.225 e. The summed E-state index contributed by atoms with van der Waals surface area (Å²) in [5.41, 5.74) is 0.741. The largest absolute Gasteiger partial charge is 0.394 e. The van der Waals surface area contributed by atoms with Crippen LogP contribution in [0.25, 0.3) is 0 Å². The number of aryl methyl sites for hydroxylation is 1. The number of carbonyl (C=O) groups is 1. The molecule has 0 saturated heterocycles. The van der Waals surface area contributed by atoms with Gasteiger partial charge in [-0.15, -0.1) is 0 Å². The normalized spacial score (nSPS) is 11.4. The Morgan fingerprint density at radius 1 is 1.05 bits per heavy atom. The molecule has 1 aromatic carbocycles. The Morgan fingerprint density at radius 2 is 1.57 bits per heavy atom. The van der Waals surface area contributed by atoms with E-state index >= 15 is 0 Å². The van der Waals surface area contributed by atoms with Crippen LogP contribution < -0.4 is 5.32 Å². The molecule has 118 valence electrons. The first-order valence-electron chi connectivity index (χ1n) is 7.30. The fraction of sp³-hybridized carbons (Fsp3) is 0.562. The van der Waals surface area contributed by atoms with Crippen LogP contribution in [0.3, 0.4) is 0 Å². The maximum atomic E-state index is 11.9. The number of aliphatic hydroxyl groups is 3. The fourth-order valence-electron chi connectivity index (χ4n) is 2.00. The molecule has 1 rings (SSSR count). The van der Waals surface area contributed by atoms with Crippen molar-refractivity contribution in [2.45, 2.75) is 38.1 Å². The highest BCUT2D eigenvalue weighted by atomic mass is 16.3. The zero-order valence-corrected chi connectivity index (χ0v) is 12.5. The molecular formula is C16H25NO4. The topological polar surface area (TPSA) is 89.8 Å². The van der Waals surface area contributed by atoms with Crippen LogP contribution in [0.1, 0.15) is 30.9 Å². The van der Waals surface area contributed by atoms with Gasteiger partial charge in [-0.2, -0.15) is 0 Å². The van der Waals surface area contributed by atoms with Crippen molar-refractivity contribution in [1.82, 2.24) is 5.32 Å². The fourth-order valence-corrected chi connectivity index (χ4v) is 2.00. The van der Waals surface area contributed by atoms with Crippen molar-refractivity contribution >= 4 is 5.91 Å². The third kappa shape index (κ3) is 5.46. The van der Waals surface area contributed by atoms with E-state index in [2.05, 4.69) is 12.2 Å². The van der Waals surface area contributed by atoms with Gasteiger partial charge in [-0.25, -0.2) is 0 Å². The minimum absolute atomic E-state index is 0.149. The molecule has 0 aliphatic carbocycles. The number of carbonyl (C=O) groups excluding carboxylic acids is 1. The van der Waals surface area contributed by atoms with Gasteiger partial charge in [-0.1, -0.05) is 37.6 Å². The summed E-state index contributed by atoms with van der Waals surface area (Å²) in [6, 6.07) is 7.83. The monoisotopic (exact) mass is 295 g/mol. The Bertz CT molecular complexity index is 418. The molecule has 5 heteroatoms. The van der Waals surface area contributed by atoms with Gasteiger partial charge in [0.1, 0.15) is 5.54 Å². The Balaban J connectivity index is 2.58. The van der Waals surface area contributed by atoms with E-state index in [1.54, 1.807) is 0 Å². The van der Waals surface area contributed by atoms with Crippen LogP contribution in [-0.2, 0) is 17.6 Å². The van der Waals surface area contributed by atoms with Crippen LogP contribution in [0.2, 0.25) is 0 Å². The van der Waals surface area contributed by atoms with Crippen molar-refractivity contribution in [2.24, 2.45) is 0 Å². The van der Waals surface area contributed by atoms with Crippen LogP contribution >= 0.6 is 0 Å². The van der Waals surface area contributed by atoms with Crippen LogP contribution in [0.5, 0.6) is 0 Å². The lowest BCUT2D eigenvalue weighted by molar-refractivity contribution is -0.124. The SMILES string of the molecule is CCCCc1ccc(CC(=O)NC(CO)(CO)CO)cc1. The predicted octanol–water partition coefficient (Wildman–Crippen LogP) is 0.404. The lowest BCUT2D eigenvalue weighted by Gasteiger charge is -2.28. The molecule has 0 heterocycles. The van der Waals surface area contributed by atoms with E-state index in [-0.39, 0.29) is 12.3 Å². The lowest BCUT2D eigenvalue weighted by atomic mass is 10.0. The van der Waals surface area contributed by atoms with E-state index in [0.29, 0.717) is 0 Å². The van der Waals surface area contributed by atoms with Crippen LogP contribution in [0, 0.1) is 0 Å². The standard InChI is InChI=1S/C16H25NO4/c1-2-3-4-13-5-7-14(8-6-13)9-15(21)17-16(10-18,11-19)12-20/h5-8,18-20H,2-4,9-12H2,1H3,(H,17,21). The summed E-state index contributed by atoms with van der Waals surface area (Å²) in [4.78, 5) is 11.9. The summed E-state index contributed by atoms with van der Waals surface area (Å²) < 4.78 is 0. The molecule has 21 heavy (non-hydrogen) atoms. The van der Waals surface area contributed by atoms with Crippen LogP contribution in [-0.4, -0.2) is 46.6 Å². The molecule has 0 bridgehead atoms. The molecule has 1 aromatic rings. The van der Waals surface area contributed by atoms with Gasteiger partial charge < -0.3 is 20.6 Å². The zero-order chi connectivity index (χ0) is 15.7. The Hall–Kier alpha value is -1.43. The average molecular weight is 295 g/mol. The minimum Gasteiger partial charge on any atom is -0.394 e.